The highest BCUT2D eigenvalue weighted by atomic mass is 16.5. The van der Waals surface area contributed by atoms with Crippen LogP contribution in [0.15, 0.2) is 0 Å². The number of nitrogens with zero attached hydrogens (tertiary/aromatic N) is 1. The zero-order valence-electron chi connectivity index (χ0n) is 13.9. The van der Waals surface area contributed by atoms with Crippen LogP contribution in [0.2, 0.25) is 0 Å². The van der Waals surface area contributed by atoms with Gasteiger partial charge in [0.05, 0.1) is 7.11 Å². The van der Waals surface area contributed by atoms with Crippen LogP contribution in [0.4, 0.5) is 0 Å². The van der Waals surface area contributed by atoms with Crippen molar-refractivity contribution < 1.29 is 9.53 Å². The molecule has 1 fully saturated rings. The van der Waals surface area contributed by atoms with E-state index in [1.54, 1.807) is 0 Å². The second kappa shape index (κ2) is 7.99. The SMILES string of the molecule is CCNC(C)(CC(C)N(C)C1CCCCC1)C(=O)OC. The van der Waals surface area contributed by atoms with Crippen LogP contribution < -0.4 is 5.32 Å². The Morgan fingerprint density at radius 2 is 2.00 bits per heavy atom. The van der Waals surface area contributed by atoms with Crippen LogP contribution in [0.1, 0.15) is 59.3 Å². The van der Waals surface area contributed by atoms with E-state index in [0.717, 1.165) is 13.0 Å². The first-order valence-corrected chi connectivity index (χ1v) is 8.00. The van der Waals surface area contributed by atoms with Gasteiger partial charge in [-0.15, -0.1) is 0 Å². The molecule has 0 bridgehead atoms. The Balaban J connectivity index is 2.64. The van der Waals surface area contributed by atoms with Gasteiger partial charge in [-0.2, -0.15) is 0 Å². The third kappa shape index (κ3) is 4.45. The minimum absolute atomic E-state index is 0.164. The smallest absolute Gasteiger partial charge is 0.325 e. The summed E-state index contributed by atoms with van der Waals surface area (Å²) in [5.74, 6) is -0.164. The molecule has 0 aromatic carbocycles. The first-order valence-electron chi connectivity index (χ1n) is 8.00. The highest BCUT2D eigenvalue weighted by molar-refractivity contribution is 5.80. The van der Waals surface area contributed by atoms with Crippen LogP contribution >= 0.6 is 0 Å². The van der Waals surface area contributed by atoms with Crippen molar-refractivity contribution in [2.75, 3.05) is 20.7 Å². The van der Waals surface area contributed by atoms with Gasteiger partial charge in [-0.05, 0) is 46.7 Å². The highest BCUT2D eigenvalue weighted by Crippen LogP contribution is 2.26. The fourth-order valence-corrected chi connectivity index (χ4v) is 3.43. The van der Waals surface area contributed by atoms with Crippen LogP contribution in [0, 0.1) is 0 Å². The van der Waals surface area contributed by atoms with Gasteiger partial charge >= 0.3 is 5.97 Å². The van der Waals surface area contributed by atoms with Crippen molar-refractivity contribution in [1.82, 2.24) is 10.2 Å². The van der Waals surface area contributed by atoms with Gasteiger partial charge in [-0.25, -0.2) is 0 Å². The number of carbonyl (C=O) groups excluding carboxylic acids is 1. The quantitative estimate of drug-likeness (QED) is 0.730. The fourth-order valence-electron chi connectivity index (χ4n) is 3.43. The Morgan fingerprint density at radius 1 is 1.40 bits per heavy atom. The van der Waals surface area contributed by atoms with E-state index in [4.69, 9.17) is 4.74 Å². The number of nitrogens with one attached hydrogen (secondary N) is 1. The van der Waals surface area contributed by atoms with Gasteiger partial charge in [0.1, 0.15) is 5.54 Å². The van der Waals surface area contributed by atoms with Gasteiger partial charge in [0.2, 0.25) is 0 Å². The first-order chi connectivity index (χ1) is 9.44. The van der Waals surface area contributed by atoms with E-state index in [9.17, 15) is 4.79 Å². The zero-order chi connectivity index (χ0) is 15.2. The van der Waals surface area contributed by atoms with Crippen molar-refractivity contribution in [3.63, 3.8) is 0 Å². The summed E-state index contributed by atoms with van der Waals surface area (Å²) < 4.78 is 4.97. The number of hydrogen-bond donors (Lipinski definition) is 1. The molecule has 20 heavy (non-hydrogen) atoms. The standard InChI is InChI=1S/C16H32N2O2/c1-6-17-16(3,15(19)20-5)12-13(2)18(4)14-10-8-7-9-11-14/h13-14,17H,6-12H2,1-5H3. The lowest BCUT2D eigenvalue weighted by Crippen LogP contribution is -2.54. The lowest BCUT2D eigenvalue weighted by Gasteiger charge is -2.39. The molecular formula is C16H32N2O2. The third-order valence-electron chi connectivity index (χ3n) is 4.75. The van der Waals surface area contributed by atoms with Crippen molar-refractivity contribution in [3.05, 3.63) is 0 Å². The summed E-state index contributed by atoms with van der Waals surface area (Å²) in [4.78, 5) is 14.5. The van der Waals surface area contributed by atoms with Crippen molar-refractivity contribution in [1.29, 1.82) is 0 Å². The maximum absolute atomic E-state index is 12.1. The molecular weight excluding hydrogens is 252 g/mol. The molecule has 1 saturated carbocycles. The number of likely N-dealkylation sites (N-methyl/N-ethyl adjacent to an activating group) is 1. The molecule has 118 valence electrons. The van der Waals surface area contributed by atoms with Crippen LogP contribution in [0.3, 0.4) is 0 Å². The highest BCUT2D eigenvalue weighted by Gasteiger charge is 2.36. The summed E-state index contributed by atoms with van der Waals surface area (Å²) in [6, 6.07) is 1.03. The first kappa shape index (κ1) is 17.4. The number of rotatable bonds is 7. The lowest BCUT2D eigenvalue weighted by molar-refractivity contribution is -0.148. The predicted octanol–water partition coefficient (Wildman–Crippen LogP) is 2.57. The maximum atomic E-state index is 12.1. The van der Waals surface area contributed by atoms with Crippen molar-refractivity contribution in [2.45, 2.75) is 76.9 Å². The molecule has 0 aliphatic heterocycles. The van der Waals surface area contributed by atoms with E-state index in [1.807, 2.05) is 13.8 Å². The van der Waals surface area contributed by atoms with E-state index in [1.165, 1.54) is 39.2 Å². The van der Waals surface area contributed by atoms with E-state index < -0.39 is 5.54 Å². The van der Waals surface area contributed by atoms with Gasteiger partial charge in [0, 0.05) is 12.1 Å². The number of carbonyl (C=O) groups is 1. The van der Waals surface area contributed by atoms with Crippen molar-refractivity contribution >= 4 is 5.97 Å². The molecule has 1 aliphatic rings. The topological polar surface area (TPSA) is 41.6 Å². The minimum atomic E-state index is -0.591. The van der Waals surface area contributed by atoms with E-state index >= 15 is 0 Å². The number of ether oxygens (including phenoxy) is 1. The van der Waals surface area contributed by atoms with Gasteiger partial charge in [-0.1, -0.05) is 26.2 Å². The predicted molar refractivity (Wildman–Crippen MR) is 82.8 cm³/mol. The molecule has 0 saturated heterocycles. The Kier molecular flexibility index (Phi) is 6.96. The van der Waals surface area contributed by atoms with Crippen LogP contribution in [0.5, 0.6) is 0 Å². The zero-order valence-corrected chi connectivity index (χ0v) is 13.9. The molecule has 2 atom stereocenters. The molecule has 0 aromatic heterocycles. The normalized spacial score (nSPS) is 21.5. The molecule has 0 heterocycles. The van der Waals surface area contributed by atoms with Crippen molar-refractivity contribution in [3.8, 4) is 0 Å². The second-order valence-electron chi connectivity index (χ2n) is 6.36. The van der Waals surface area contributed by atoms with Crippen LogP contribution in [-0.4, -0.2) is 49.2 Å². The Morgan fingerprint density at radius 3 is 2.50 bits per heavy atom. The van der Waals surface area contributed by atoms with E-state index in [2.05, 4.69) is 24.2 Å². The summed E-state index contributed by atoms with van der Waals surface area (Å²) in [5.41, 5.74) is -0.591. The van der Waals surface area contributed by atoms with E-state index in [-0.39, 0.29) is 5.97 Å². The number of hydrogen-bond acceptors (Lipinski definition) is 4. The average Bonchev–Trinajstić information content (AvgIpc) is 2.46. The third-order valence-corrected chi connectivity index (χ3v) is 4.75. The lowest BCUT2D eigenvalue weighted by atomic mass is 9.89. The van der Waals surface area contributed by atoms with Gasteiger partial charge in [-0.3, -0.25) is 4.79 Å². The number of methoxy groups -OCH3 is 1. The van der Waals surface area contributed by atoms with E-state index in [0.29, 0.717) is 12.1 Å². The average molecular weight is 284 g/mol. The summed E-state index contributed by atoms with van der Waals surface area (Å²) in [7, 11) is 3.66. The molecule has 1 rings (SSSR count). The summed E-state index contributed by atoms with van der Waals surface area (Å²) in [6.45, 7) is 6.96. The minimum Gasteiger partial charge on any atom is -0.468 e. The molecule has 0 spiro atoms. The largest absolute Gasteiger partial charge is 0.468 e. The number of esters is 1. The molecule has 1 N–H and O–H groups in total. The molecule has 0 aromatic rings. The summed E-state index contributed by atoms with van der Waals surface area (Å²) in [5, 5.41) is 3.30. The molecule has 0 amide bonds. The van der Waals surface area contributed by atoms with Crippen LogP contribution in [-0.2, 0) is 9.53 Å². The second-order valence-corrected chi connectivity index (χ2v) is 6.36. The molecule has 0 radical (unpaired) electrons. The Labute approximate surface area is 124 Å². The Bertz CT molecular complexity index is 303. The van der Waals surface area contributed by atoms with Gasteiger partial charge in [0.25, 0.3) is 0 Å². The van der Waals surface area contributed by atoms with Gasteiger partial charge in [0.15, 0.2) is 0 Å². The van der Waals surface area contributed by atoms with Crippen molar-refractivity contribution in [2.24, 2.45) is 0 Å². The summed E-state index contributed by atoms with van der Waals surface area (Å²) >= 11 is 0. The monoisotopic (exact) mass is 284 g/mol. The molecule has 4 nitrogen and oxygen atoms in total. The molecule has 2 unspecified atom stereocenters. The fraction of sp³-hybridized carbons (Fsp3) is 0.938. The maximum Gasteiger partial charge on any atom is 0.325 e. The Hall–Kier alpha value is -0.610. The molecule has 4 heteroatoms. The van der Waals surface area contributed by atoms with Gasteiger partial charge < -0.3 is 15.0 Å². The molecule has 1 aliphatic carbocycles. The van der Waals surface area contributed by atoms with Crippen LogP contribution in [0.25, 0.3) is 0 Å². The summed E-state index contributed by atoms with van der Waals surface area (Å²) in [6.07, 6.45) is 7.40.